The van der Waals surface area contributed by atoms with Crippen molar-refractivity contribution in [1.82, 2.24) is 9.97 Å². The van der Waals surface area contributed by atoms with Gasteiger partial charge in [0.25, 0.3) is 5.91 Å². The second-order valence-corrected chi connectivity index (χ2v) is 6.97. The van der Waals surface area contributed by atoms with E-state index in [1.807, 2.05) is 38.1 Å². The third-order valence-electron chi connectivity index (χ3n) is 4.78. The van der Waals surface area contributed by atoms with Crippen LogP contribution in [0.3, 0.4) is 0 Å². The van der Waals surface area contributed by atoms with Gasteiger partial charge in [0, 0.05) is 17.1 Å². The van der Waals surface area contributed by atoms with Crippen molar-refractivity contribution in [2.45, 2.75) is 13.8 Å². The summed E-state index contributed by atoms with van der Waals surface area (Å²) in [6, 6.07) is 15.8. The summed E-state index contributed by atoms with van der Waals surface area (Å²) in [7, 11) is 0. The number of carbonyl (C=O) groups excluding carboxylic acids is 1. The molecule has 6 heteroatoms. The van der Waals surface area contributed by atoms with Crippen LogP contribution in [0.1, 0.15) is 21.5 Å². The van der Waals surface area contributed by atoms with Gasteiger partial charge in [-0.25, -0.2) is 14.4 Å². The number of fused-ring (bicyclic) bond motifs is 1. The number of nitrogens with two attached hydrogens (primary N) is 1. The molecule has 0 bridgehead atoms. The Balaban J connectivity index is 1.69. The predicted molar refractivity (Wildman–Crippen MR) is 113 cm³/mol. The number of halogens is 1. The largest absolute Gasteiger partial charge is 0.368 e. The highest BCUT2D eigenvalue weighted by molar-refractivity contribution is 6.05. The average molecular weight is 386 g/mol. The second-order valence-electron chi connectivity index (χ2n) is 6.97. The van der Waals surface area contributed by atoms with Gasteiger partial charge in [0.2, 0.25) is 5.95 Å². The number of nitrogens with zero attached hydrogens (tertiary/aromatic N) is 2. The first-order valence-corrected chi connectivity index (χ1v) is 9.11. The molecular formula is C23H19FN4O. The highest BCUT2D eigenvalue weighted by Gasteiger charge is 2.13. The second kappa shape index (κ2) is 7.31. The molecule has 29 heavy (non-hydrogen) atoms. The lowest BCUT2D eigenvalue weighted by atomic mass is 9.97. The van der Waals surface area contributed by atoms with Crippen molar-refractivity contribution in [3.8, 4) is 11.1 Å². The first kappa shape index (κ1) is 18.6. The first-order valence-electron chi connectivity index (χ1n) is 9.11. The number of amides is 1. The van der Waals surface area contributed by atoms with E-state index in [4.69, 9.17) is 5.73 Å². The van der Waals surface area contributed by atoms with Crippen LogP contribution in [0.5, 0.6) is 0 Å². The minimum absolute atomic E-state index is 0.164. The minimum Gasteiger partial charge on any atom is -0.368 e. The molecule has 1 amide bonds. The van der Waals surface area contributed by atoms with E-state index >= 15 is 0 Å². The number of rotatable bonds is 3. The smallest absolute Gasteiger partial charge is 0.255 e. The van der Waals surface area contributed by atoms with Gasteiger partial charge in [-0.2, -0.15) is 0 Å². The Hall–Kier alpha value is -3.80. The van der Waals surface area contributed by atoms with Crippen LogP contribution in [-0.2, 0) is 0 Å². The van der Waals surface area contributed by atoms with E-state index in [9.17, 15) is 9.18 Å². The lowest BCUT2D eigenvalue weighted by Gasteiger charge is -2.11. The number of hydrogen-bond acceptors (Lipinski definition) is 4. The van der Waals surface area contributed by atoms with Gasteiger partial charge in [-0.3, -0.25) is 4.79 Å². The van der Waals surface area contributed by atoms with Crippen molar-refractivity contribution in [2.24, 2.45) is 0 Å². The fourth-order valence-corrected chi connectivity index (χ4v) is 3.22. The van der Waals surface area contributed by atoms with Gasteiger partial charge in [-0.15, -0.1) is 0 Å². The van der Waals surface area contributed by atoms with E-state index < -0.39 is 5.82 Å². The van der Waals surface area contributed by atoms with Gasteiger partial charge in [0.05, 0.1) is 11.2 Å². The first-order chi connectivity index (χ1) is 13.9. The topological polar surface area (TPSA) is 80.9 Å². The SMILES string of the molecule is Cc1ccc(F)c(NC(=O)c2ccc(C)c(-c3ccc4nc(N)ncc4c3)c2)c1. The number of aryl methyl sites for hydroxylation is 2. The van der Waals surface area contributed by atoms with Crippen LogP contribution < -0.4 is 11.1 Å². The maximum atomic E-state index is 14.0. The molecule has 0 saturated carbocycles. The molecule has 4 rings (SSSR count). The highest BCUT2D eigenvalue weighted by Crippen LogP contribution is 2.28. The predicted octanol–water partition coefficient (Wildman–Crippen LogP) is 4.89. The monoisotopic (exact) mass is 386 g/mol. The molecule has 1 heterocycles. The zero-order chi connectivity index (χ0) is 20.5. The standard InChI is InChI=1S/C23H19FN4O/c1-13-3-7-19(24)21(9-13)27-22(29)16-5-4-14(2)18(11-16)15-6-8-20-17(10-15)12-26-23(25)28-20/h3-12H,1-2H3,(H,27,29)(H2,25,26,28). The van der Waals surface area contributed by atoms with Gasteiger partial charge >= 0.3 is 0 Å². The fourth-order valence-electron chi connectivity index (χ4n) is 3.22. The van der Waals surface area contributed by atoms with E-state index in [0.29, 0.717) is 5.56 Å². The Morgan fingerprint density at radius 1 is 1.03 bits per heavy atom. The van der Waals surface area contributed by atoms with Crippen molar-refractivity contribution >= 4 is 28.4 Å². The number of nitrogens with one attached hydrogen (secondary N) is 1. The highest BCUT2D eigenvalue weighted by atomic mass is 19.1. The summed E-state index contributed by atoms with van der Waals surface area (Å²) in [5.41, 5.74) is 10.7. The fraction of sp³-hybridized carbons (Fsp3) is 0.0870. The molecule has 0 radical (unpaired) electrons. The molecule has 1 aromatic heterocycles. The van der Waals surface area contributed by atoms with Gasteiger partial charge < -0.3 is 11.1 Å². The Morgan fingerprint density at radius 3 is 2.69 bits per heavy atom. The van der Waals surface area contributed by atoms with Gasteiger partial charge in [-0.1, -0.05) is 18.2 Å². The lowest BCUT2D eigenvalue weighted by Crippen LogP contribution is -2.13. The van der Waals surface area contributed by atoms with Crippen LogP contribution in [0.4, 0.5) is 16.0 Å². The summed E-state index contributed by atoms with van der Waals surface area (Å²) >= 11 is 0. The minimum atomic E-state index is -0.468. The molecule has 0 aliphatic heterocycles. The van der Waals surface area contributed by atoms with Crippen molar-refractivity contribution in [3.05, 3.63) is 83.3 Å². The molecule has 0 unspecified atom stereocenters. The molecule has 3 aromatic carbocycles. The molecule has 0 aliphatic carbocycles. The number of anilines is 2. The molecule has 0 saturated heterocycles. The van der Waals surface area contributed by atoms with Crippen molar-refractivity contribution in [1.29, 1.82) is 0 Å². The number of nitrogen functional groups attached to an aromatic ring is 1. The normalized spacial score (nSPS) is 10.9. The van der Waals surface area contributed by atoms with Crippen molar-refractivity contribution < 1.29 is 9.18 Å². The van der Waals surface area contributed by atoms with Crippen LogP contribution in [0.2, 0.25) is 0 Å². The summed E-state index contributed by atoms with van der Waals surface area (Å²) in [4.78, 5) is 21.0. The molecule has 0 fully saturated rings. The number of hydrogen-bond donors (Lipinski definition) is 2. The number of benzene rings is 3. The van der Waals surface area contributed by atoms with Crippen LogP contribution in [-0.4, -0.2) is 15.9 Å². The summed E-state index contributed by atoms with van der Waals surface area (Å²) in [6.45, 7) is 3.82. The van der Waals surface area contributed by atoms with Crippen LogP contribution in [0.15, 0.2) is 60.8 Å². The van der Waals surface area contributed by atoms with E-state index in [0.717, 1.165) is 33.2 Å². The number of aromatic nitrogens is 2. The molecule has 5 nitrogen and oxygen atoms in total. The summed E-state index contributed by atoms with van der Waals surface area (Å²) < 4.78 is 14.0. The molecular weight excluding hydrogens is 367 g/mol. The summed E-state index contributed by atoms with van der Waals surface area (Å²) in [5, 5.41) is 3.51. The van der Waals surface area contributed by atoms with E-state index in [-0.39, 0.29) is 17.5 Å². The molecule has 0 spiro atoms. The Morgan fingerprint density at radius 2 is 1.86 bits per heavy atom. The Bertz CT molecular complexity index is 1250. The molecule has 4 aromatic rings. The van der Waals surface area contributed by atoms with Crippen molar-refractivity contribution in [3.63, 3.8) is 0 Å². The molecule has 0 aliphatic rings. The van der Waals surface area contributed by atoms with Gasteiger partial charge in [0.1, 0.15) is 5.82 Å². The molecule has 0 atom stereocenters. The third kappa shape index (κ3) is 3.78. The van der Waals surface area contributed by atoms with Gasteiger partial charge in [-0.05, 0) is 72.5 Å². The van der Waals surface area contributed by atoms with Crippen LogP contribution in [0.25, 0.3) is 22.0 Å². The molecule has 3 N–H and O–H groups in total. The maximum absolute atomic E-state index is 14.0. The van der Waals surface area contributed by atoms with Crippen LogP contribution >= 0.6 is 0 Å². The Kier molecular flexibility index (Phi) is 4.68. The Labute approximate surface area is 167 Å². The summed E-state index contributed by atoms with van der Waals surface area (Å²) in [5.74, 6) is -0.610. The zero-order valence-corrected chi connectivity index (χ0v) is 16.0. The van der Waals surface area contributed by atoms with Crippen LogP contribution in [0, 0.1) is 19.7 Å². The molecule has 144 valence electrons. The summed E-state index contributed by atoms with van der Waals surface area (Å²) in [6.07, 6.45) is 1.67. The third-order valence-corrected chi connectivity index (χ3v) is 4.78. The quantitative estimate of drug-likeness (QED) is 0.525. The van der Waals surface area contributed by atoms with E-state index in [1.54, 1.807) is 30.5 Å². The lowest BCUT2D eigenvalue weighted by molar-refractivity contribution is 0.102. The van der Waals surface area contributed by atoms with Gasteiger partial charge in [0.15, 0.2) is 0 Å². The van der Waals surface area contributed by atoms with E-state index in [1.165, 1.54) is 6.07 Å². The van der Waals surface area contributed by atoms with Crippen molar-refractivity contribution in [2.75, 3.05) is 11.1 Å². The zero-order valence-electron chi connectivity index (χ0n) is 16.0. The average Bonchev–Trinajstić information content (AvgIpc) is 2.70. The maximum Gasteiger partial charge on any atom is 0.255 e. The number of carbonyl (C=O) groups is 1. The van der Waals surface area contributed by atoms with E-state index in [2.05, 4.69) is 15.3 Å².